The van der Waals surface area contributed by atoms with Crippen LogP contribution in [0.3, 0.4) is 0 Å². The van der Waals surface area contributed by atoms with Gasteiger partial charge in [-0.2, -0.15) is 0 Å². The molecule has 0 saturated heterocycles. The van der Waals surface area contributed by atoms with Crippen LogP contribution in [0.4, 0.5) is 4.70 Å². The lowest BCUT2D eigenvalue weighted by Gasteiger charge is -2.37. The van der Waals surface area contributed by atoms with Crippen LogP contribution in [-0.2, 0) is 0 Å². The molecular weight excluding hydrogens is 400 g/mol. The first kappa shape index (κ1) is 21.9. The van der Waals surface area contributed by atoms with Crippen LogP contribution in [0.2, 0.25) is 0 Å². The molecule has 0 radical (unpaired) electrons. The van der Waals surface area contributed by atoms with Crippen molar-refractivity contribution in [3.8, 4) is 0 Å². The Labute approximate surface area is 155 Å². The van der Waals surface area contributed by atoms with Crippen molar-refractivity contribution in [2.45, 2.75) is 46.1 Å². The SMILES string of the molecule is Cc1cccc(C)c1.Cl[C@H]1[C@H](Cl)[C@@H](Cl)[C@@H](Cl)[C@H](Cl)[C@H]1Cl.F. The summed E-state index contributed by atoms with van der Waals surface area (Å²) in [6, 6.07) is 8.45. The maximum atomic E-state index is 5.88. The van der Waals surface area contributed by atoms with Gasteiger partial charge in [0.1, 0.15) is 0 Å². The number of benzene rings is 1. The molecular formula is C14H17Cl6F. The minimum absolute atomic E-state index is 0. The molecule has 122 valence electrons. The Morgan fingerprint density at radius 1 is 0.619 bits per heavy atom. The van der Waals surface area contributed by atoms with Crippen LogP contribution in [0.1, 0.15) is 11.1 Å². The monoisotopic (exact) mass is 414 g/mol. The first-order chi connectivity index (χ1) is 9.25. The third kappa shape index (κ3) is 6.12. The van der Waals surface area contributed by atoms with Crippen molar-refractivity contribution in [2.24, 2.45) is 0 Å². The molecule has 7 heteroatoms. The highest BCUT2D eigenvalue weighted by atomic mass is 35.5. The summed E-state index contributed by atoms with van der Waals surface area (Å²) in [5.74, 6) is 0. The molecule has 1 aliphatic rings. The molecule has 0 aromatic heterocycles. The molecule has 1 aliphatic carbocycles. The standard InChI is InChI=1S/C8H10.C6H6Cl6.FH/c1-7-4-3-5-8(2)6-7;7-1-2(8)4(10)6(12)5(11)3(1)9;/h3-6H,1-2H3;1-6H;1H/t;1-,2-,3-,4+,5+,6+;. The van der Waals surface area contributed by atoms with Crippen LogP contribution in [-0.4, -0.2) is 32.3 Å². The number of alkyl halides is 6. The van der Waals surface area contributed by atoms with Gasteiger partial charge in [-0.05, 0) is 13.8 Å². The lowest BCUT2D eigenvalue weighted by molar-refractivity contribution is 0.544. The molecule has 1 saturated carbocycles. The van der Waals surface area contributed by atoms with E-state index in [-0.39, 0.29) is 4.70 Å². The van der Waals surface area contributed by atoms with Crippen molar-refractivity contribution < 1.29 is 4.70 Å². The first-order valence-electron chi connectivity index (χ1n) is 6.13. The van der Waals surface area contributed by atoms with E-state index in [4.69, 9.17) is 69.6 Å². The maximum Gasteiger partial charge on any atom is 0.0693 e. The summed E-state index contributed by atoms with van der Waals surface area (Å²) < 4.78 is 0. The molecule has 0 amide bonds. The van der Waals surface area contributed by atoms with Crippen LogP contribution in [0.25, 0.3) is 0 Å². The Bertz CT molecular complexity index is 354. The zero-order valence-corrected chi connectivity index (χ0v) is 16.0. The molecule has 1 fully saturated rings. The molecule has 2 rings (SSSR count). The van der Waals surface area contributed by atoms with E-state index < -0.39 is 32.3 Å². The highest BCUT2D eigenvalue weighted by Crippen LogP contribution is 2.39. The second-order valence-corrected chi connectivity index (χ2v) is 7.85. The molecule has 0 spiro atoms. The second kappa shape index (κ2) is 9.90. The quantitative estimate of drug-likeness (QED) is 0.448. The van der Waals surface area contributed by atoms with E-state index in [1.165, 1.54) is 11.1 Å². The van der Waals surface area contributed by atoms with Gasteiger partial charge in [0.25, 0.3) is 0 Å². The maximum absolute atomic E-state index is 5.88. The summed E-state index contributed by atoms with van der Waals surface area (Å²) >= 11 is 35.3. The molecule has 0 bridgehead atoms. The van der Waals surface area contributed by atoms with Gasteiger partial charge >= 0.3 is 0 Å². The van der Waals surface area contributed by atoms with E-state index >= 15 is 0 Å². The van der Waals surface area contributed by atoms with Gasteiger partial charge in [-0.15, -0.1) is 69.6 Å². The van der Waals surface area contributed by atoms with Crippen LogP contribution in [0.5, 0.6) is 0 Å². The van der Waals surface area contributed by atoms with Gasteiger partial charge in [0.2, 0.25) is 0 Å². The Morgan fingerprint density at radius 2 is 0.857 bits per heavy atom. The molecule has 0 heterocycles. The van der Waals surface area contributed by atoms with Crippen molar-refractivity contribution in [3.63, 3.8) is 0 Å². The second-order valence-electron chi connectivity index (χ2n) is 4.82. The Morgan fingerprint density at radius 3 is 1.00 bits per heavy atom. The van der Waals surface area contributed by atoms with Gasteiger partial charge in [0.05, 0.1) is 32.3 Å². The molecule has 21 heavy (non-hydrogen) atoms. The Balaban J connectivity index is 0.000000390. The number of hydrogen-bond donors (Lipinski definition) is 0. The molecule has 0 unspecified atom stereocenters. The normalized spacial score (nSPS) is 35.2. The molecule has 0 N–H and O–H groups in total. The fourth-order valence-electron chi connectivity index (χ4n) is 1.86. The Kier molecular flexibility index (Phi) is 10.3. The summed E-state index contributed by atoms with van der Waals surface area (Å²) in [6.07, 6.45) is 0. The largest absolute Gasteiger partial charge is 0.269 e. The Hall–Kier alpha value is 0.890. The van der Waals surface area contributed by atoms with Gasteiger partial charge in [-0.25, -0.2) is 0 Å². The predicted octanol–water partition coefficient (Wildman–Crippen LogP) is 6.10. The summed E-state index contributed by atoms with van der Waals surface area (Å²) in [6.45, 7) is 4.21. The zero-order valence-electron chi connectivity index (χ0n) is 11.4. The van der Waals surface area contributed by atoms with Crippen LogP contribution < -0.4 is 0 Å². The summed E-state index contributed by atoms with van der Waals surface area (Å²) in [5, 5.41) is -2.62. The van der Waals surface area contributed by atoms with Crippen molar-refractivity contribution in [2.75, 3.05) is 0 Å². The minimum Gasteiger partial charge on any atom is -0.269 e. The van der Waals surface area contributed by atoms with Crippen LogP contribution in [0.15, 0.2) is 24.3 Å². The fourth-order valence-corrected chi connectivity index (χ4v) is 4.19. The number of rotatable bonds is 0. The summed E-state index contributed by atoms with van der Waals surface area (Å²) in [7, 11) is 0. The number of halogens is 7. The van der Waals surface area contributed by atoms with Gasteiger partial charge in [-0.3, -0.25) is 4.70 Å². The third-order valence-electron chi connectivity index (χ3n) is 3.00. The highest BCUT2D eigenvalue weighted by Gasteiger charge is 2.46. The lowest BCUT2D eigenvalue weighted by atomic mass is 9.97. The van der Waals surface area contributed by atoms with E-state index in [0.29, 0.717) is 0 Å². The van der Waals surface area contributed by atoms with Gasteiger partial charge < -0.3 is 0 Å². The minimum atomic E-state index is -0.437. The highest BCUT2D eigenvalue weighted by molar-refractivity contribution is 6.45. The van der Waals surface area contributed by atoms with E-state index in [2.05, 4.69) is 38.1 Å². The van der Waals surface area contributed by atoms with Crippen molar-refractivity contribution in [3.05, 3.63) is 35.4 Å². The molecule has 0 aliphatic heterocycles. The predicted molar refractivity (Wildman–Crippen MR) is 96.3 cm³/mol. The summed E-state index contributed by atoms with van der Waals surface area (Å²) in [4.78, 5) is 0. The van der Waals surface area contributed by atoms with Crippen LogP contribution >= 0.6 is 69.6 Å². The van der Waals surface area contributed by atoms with E-state index in [1.54, 1.807) is 0 Å². The topological polar surface area (TPSA) is 0 Å². The van der Waals surface area contributed by atoms with Gasteiger partial charge in [-0.1, -0.05) is 35.4 Å². The molecule has 1 aromatic carbocycles. The van der Waals surface area contributed by atoms with Gasteiger partial charge in [0, 0.05) is 0 Å². The van der Waals surface area contributed by atoms with E-state index in [0.717, 1.165) is 0 Å². The molecule has 0 atom stereocenters. The van der Waals surface area contributed by atoms with Crippen LogP contribution in [0, 0.1) is 13.8 Å². The van der Waals surface area contributed by atoms with Crippen molar-refractivity contribution >= 4 is 69.6 Å². The number of aryl methyl sites for hydroxylation is 2. The third-order valence-corrected chi connectivity index (χ3v) is 7.03. The average Bonchev–Trinajstić information content (AvgIpc) is 2.41. The van der Waals surface area contributed by atoms with E-state index in [9.17, 15) is 0 Å². The van der Waals surface area contributed by atoms with Crippen molar-refractivity contribution in [1.82, 2.24) is 0 Å². The van der Waals surface area contributed by atoms with E-state index in [1.807, 2.05) is 0 Å². The molecule has 1 aromatic rings. The smallest absolute Gasteiger partial charge is 0.0693 e. The first-order valence-corrected chi connectivity index (χ1v) is 8.75. The number of hydrogen-bond acceptors (Lipinski definition) is 0. The average molecular weight is 417 g/mol. The fraction of sp³-hybridized carbons (Fsp3) is 0.571. The molecule has 0 nitrogen and oxygen atoms in total. The lowest BCUT2D eigenvalue weighted by Crippen LogP contribution is -2.52. The van der Waals surface area contributed by atoms with Crippen molar-refractivity contribution in [1.29, 1.82) is 0 Å². The summed E-state index contributed by atoms with van der Waals surface area (Å²) in [5.41, 5.74) is 2.68. The zero-order chi connectivity index (χ0) is 15.4. The van der Waals surface area contributed by atoms with Gasteiger partial charge in [0.15, 0.2) is 0 Å².